The van der Waals surface area contributed by atoms with Gasteiger partial charge in [-0.15, -0.1) is 0 Å². The second-order valence-corrected chi connectivity index (χ2v) is 11.0. The second-order valence-electron chi connectivity index (χ2n) is 10.1. The first-order valence-corrected chi connectivity index (χ1v) is 14.2. The van der Waals surface area contributed by atoms with E-state index in [-0.39, 0.29) is 18.2 Å². The van der Waals surface area contributed by atoms with Gasteiger partial charge in [0.2, 0.25) is 5.91 Å². The van der Waals surface area contributed by atoms with Crippen molar-refractivity contribution in [3.63, 3.8) is 0 Å². The molecule has 1 aromatic heterocycles. The van der Waals surface area contributed by atoms with Crippen molar-refractivity contribution in [2.75, 3.05) is 30.1 Å². The quantitative estimate of drug-likeness (QED) is 0.183. The third-order valence-corrected chi connectivity index (χ3v) is 7.42. The molecule has 4 rings (SSSR count). The summed E-state index contributed by atoms with van der Waals surface area (Å²) in [6.45, 7) is 5.87. The molecule has 9 heteroatoms. The lowest BCUT2D eigenvalue weighted by Crippen LogP contribution is -2.42. The molecular formula is C32H34FN5O2S. The van der Waals surface area contributed by atoms with E-state index in [1.165, 1.54) is 28.8 Å². The minimum atomic E-state index is -1.09. The lowest BCUT2D eigenvalue weighted by molar-refractivity contribution is -0.137. The Morgan fingerprint density at radius 1 is 0.902 bits per heavy atom. The zero-order valence-corrected chi connectivity index (χ0v) is 24.7. The maximum Gasteiger partial charge on any atom is 0.251 e. The molecule has 41 heavy (non-hydrogen) atoms. The van der Waals surface area contributed by atoms with Crippen LogP contribution >= 0.6 is 11.8 Å². The van der Waals surface area contributed by atoms with Crippen LogP contribution in [0.3, 0.4) is 0 Å². The van der Waals surface area contributed by atoms with Crippen molar-refractivity contribution in [2.24, 2.45) is 0 Å². The topological polar surface area (TPSA) is 78.4 Å². The normalized spacial score (nSPS) is 11.6. The zero-order chi connectivity index (χ0) is 29.5. The van der Waals surface area contributed by atoms with E-state index in [1.54, 1.807) is 24.3 Å². The first kappa shape index (κ1) is 29.7. The molecule has 0 spiro atoms. The standard InChI is InChI=1S/C32H34FN5O2S/c1-21-9-6-7-10-25(21)19-38(29(39)20-41-32-34-22(2)17-23(3)35-32)30(24-11-8-12-26(33)18-24)31(40)36-27-13-15-28(16-14-27)37(4)5/h6-18,30H,19-20H2,1-5H3,(H,36,40). The first-order chi connectivity index (χ1) is 19.6. The molecule has 0 aliphatic heterocycles. The highest BCUT2D eigenvalue weighted by molar-refractivity contribution is 7.99. The number of aromatic nitrogens is 2. The number of aryl methyl sites for hydroxylation is 3. The molecule has 3 aromatic carbocycles. The molecule has 0 radical (unpaired) electrons. The zero-order valence-electron chi connectivity index (χ0n) is 23.9. The number of amides is 2. The lowest BCUT2D eigenvalue weighted by Gasteiger charge is -2.32. The van der Waals surface area contributed by atoms with Crippen LogP contribution in [0.2, 0.25) is 0 Å². The predicted molar refractivity (Wildman–Crippen MR) is 162 cm³/mol. The Balaban J connectivity index is 1.71. The molecule has 0 saturated carbocycles. The summed E-state index contributed by atoms with van der Waals surface area (Å²) in [5.41, 5.74) is 5.41. The Morgan fingerprint density at radius 2 is 1.59 bits per heavy atom. The van der Waals surface area contributed by atoms with E-state index in [9.17, 15) is 14.0 Å². The molecule has 1 atom stereocenters. The number of nitrogens with one attached hydrogen (secondary N) is 1. The number of hydrogen-bond acceptors (Lipinski definition) is 6. The number of halogens is 1. The molecule has 7 nitrogen and oxygen atoms in total. The van der Waals surface area contributed by atoms with Gasteiger partial charge in [-0.3, -0.25) is 9.59 Å². The van der Waals surface area contributed by atoms with Crippen molar-refractivity contribution in [2.45, 2.75) is 38.5 Å². The van der Waals surface area contributed by atoms with Gasteiger partial charge in [-0.1, -0.05) is 48.2 Å². The van der Waals surface area contributed by atoms with E-state index in [1.807, 2.05) is 82.2 Å². The summed E-state index contributed by atoms with van der Waals surface area (Å²) in [4.78, 5) is 40.3. The van der Waals surface area contributed by atoms with E-state index in [2.05, 4.69) is 15.3 Å². The van der Waals surface area contributed by atoms with Crippen LogP contribution in [0.1, 0.15) is 34.1 Å². The van der Waals surface area contributed by atoms with Crippen molar-refractivity contribution < 1.29 is 14.0 Å². The maximum absolute atomic E-state index is 14.5. The summed E-state index contributed by atoms with van der Waals surface area (Å²) in [6, 6.07) is 21.7. The highest BCUT2D eigenvalue weighted by atomic mass is 32.2. The summed E-state index contributed by atoms with van der Waals surface area (Å²) in [5.74, 6) is -1.22. The maximum atomic E-state index is 14.5. The van der Waals surface area contributed by atoms with Gasteiger partial charge in [-0.2, -0.15) is 0 Å². The number of carbonyl (C=O) groups excluding carboxylic acids is 2. The highest BCUT2D eigenvalue weighted by Gasteiger charge is 2.32. The number of carbonyl (C=O) groups is 2. The van der Waals surface area contributed by atoms with E-state index < -0.39 is 17.8 Å². The van der Waals surface area contributed by atoms with Crippen molar-refractivity contribution in [1.82, 2.24) is 14.9 Å². The SMILES string of the molecule is Cc1cc(C)nc(SCC(=O)N(Cc2ccccc2C)C(C(=O)Nc2ccc(N(C)C)cc2)c2cccc(F)c2)n1. The molecular weight excluding hydrogens is 537 g/mol. The molecule has 0 saturated heterocycles. The Labute approximate surface area is 244 Å². The van der Waals surface area contributed by atoms with Crippen LogP contribution in [-0.4, -0.2) is 46.5 Å². The van der Waals surface area contributed by atoms with Gasteiger partial charge in [0.1, 0.15) is 11.9 Å². The number of hydrogen-bond donors (Lipinski definition) is 1. The van der Waals surface area contributed by atoms with Crippen molar-refractivity contribution in [1.29, 1.82) is 0 Å². The molecule has 1 heterocycles. The molecule has 0 fully saturated rings. The number of thioether (sulfide) groups is 1. The van der Waals surface area contributed by atoms with Gasteiger partial charge in [-0.05, 0) is 79.9 Å². The van der Waals surface area contributed by atoms with Crippen LogP contribution in [0, 0.1) is 26.6 Å². The molecule has 0 bridgehead atoms. The van der Waals surface area contributed by atoms with Crippen molar-refractivity contribution in [3.05, 3.63) is 113 Å². The summed E-state index contributed by atoms with van der Waals surface area (Å²) in [7, 11) is 3.87. The van der Waals surface area contributed by atoms with Gasteiger partial charge < -0.3 is 15.1 Å². The minimum Gasteiger partial charge on any atom is -0.378 e. The van der Waals surface area contributed by atoms with Gasteiger partial charge in [0, 0.05) is 43.4 Å². The molecule has 1 N–H and O–H groups in total. The minimum absolute atomic E-state index is 0.00536. The highest BCUT2D eigenvalue weighted by Crippen LogP contribution is 2.29. The summed E-state index contributed by atoms with van der Waals surface area (Å²) >= 11 is 1.21. The third-order valence-electron chi connectivity index (χ3n) is 6.58. The third kappa shape index (κ3) is 7.91. The van der Waals surface area contributed by atoms with Crippen LogP contribution in [0.4, 0.5) is 15.8 Å². The molecule has 0 aliphatic carbocycles. The lowest BCUT2D eigenvalue weighted by atomic mass is 10.0. The van der Waals surface area contributed by atoms with Gasteiger partial charge in [-0.25, -0.2) is 14.4 Å². The molecule has 212 valence electrons. The van der Waals surface area contributed by atoms with E-state index in [0.717, 1.165) is 28.2 Å². The second kappa shape index (κ2) is 13.4. The van der Waals surface area contributed by atoms with Crippen molar-refractivity contribution >= 4 is 35.0 Å². The van der Waals surface area contributed by atoms with Gasteiger partial charge in [0.25, 0.3) is 5.91 Å². The largest absolute Gasteiger partial charge is 0.378 e. The van der Waals surface area contributed by atoms with Gasteiger partial charge in [0.05, 0.1) is 5.75 Å². The smallest absolute Gasteiger partial charge is 0.251 e. The molecule has 4 aromatic rings. The monoisotopic (exact) mass is 571 g/mol. The van der Waals surface area contributed by atoms with Crippen LogP contribution in [-0.2, 0) is 16.1 Å². The fourth-order valence-corrected chi connectivity index (χ4v) is 5.30. The molecule has 0 aliphatic rings. The fraction of sp³-hybridized carbons (Fsp3) is 0.250. The predicted octanol–water partition coefficient (Wildman–Crippen LogP) is 6.11. The summed E-state index contributed by atoms with van der Waals surface area (Å²) < 4.78 is 14.5. The summed E-state index contributed by atoms with van der Waals surface area (Å²) in [6.07, 6.45) is 0. The molecule has 2 amide bonds. The van der Waals surface area contributed by atoms with Crippen LogP contribution in [0.5, 0.6) is 0 Å². The number of anilines is 2. The Morgan fingerprint density at radius 3 is 2.22 bits per heavy atom. The Bertz CT molecular complexity index is 1510. The van der Waals surface area contributed by atoms with Gasteiger partial charge in [0.15, 0.2) is 5.16 Å². The summed E-state index contributed by atoms with van der Waals surface area (Å²) in [5, 5.41) is 3.43. The number of rotatable bonds is 10. The molecule has 1 unspecified atom stereocenters. The van der Waals surface area contributed by atoms with Crippen LogP contribution in [0.15, 0.2) is 84.0 Å². The van der Waals surface area contributed by atoms with E-state index in [4.69, 9.17) is 0 Å². The average molecular weight is 572 g/mol. The average Bonchev–Trinajstić information content (AvgIpc) is 2.92. The fourth-order valence-electron chi connectivity index (χ4n) is 4.46. The van der Waals surface area contributed by atoms with Crippen molar-refractivity contribution in [3.8, 4) is 0 Å². The number of nitrogens with zero attached hydrogens (tertiary/aromatic N) is 4. The van der Waals surface area contributed by atoms with E-state index in [0.29, 0.717) is 16.4 Å². The Kier molecular flexibility index (Phi) is 9.73. The van der Waals surface area contributed by atoms with Crippen LogP contribution in [0.25, 0.3) is 0 Å². The van der Waals surface area contributed by atoms with Gasteiger partial charge >= 0.3 is 0 Å². The Hall–Kier alpha value is -4.24. The first-order valence-electron chi connectivity index (χ1n) is 13.2. The van der Waals surface area contributed by atoms with Crippen LogP contribution < -0.4 is 10.2 Å². The van der Waals surface area contributed by atoms with E-state index >= 15 is 0 Å². The number of benzene rings is 3.